The zero-order chi connectivity index (χ0) is 19.3. The number of carbonyl (C=O) groups excluding carboxylic acids is 1. The van der Waals surface area contributed by atoms with Crippen molar-refractivity contribution in [2.24, 2.45) is 0 Å². The van der Waals surface area contributed by atoms with E-state index in [9.17, 15) is 4.79 Å². The third kappa shape index (κ3) is 3.94. The molecule has 0 radical (unpaired) electrons. The second-order valence-electron chi connectivity index (χ2n) is 6.14. The van der Waals surface area contributed by atoms with Crippen LogP contribution in [0.25, 0.3) is 22.0 Å². The molecule has 0 fully saturated rings. The van der Waals surface area contributed by atoms with Crippen molar-refractivity contribution in [2.75, 3.05) is 7.11 Å². The minimum Gasteiger partial charge on any atom is -0.497 e. The highest BCUT2D eigenvalue weighted by Crippen LogP contribution is 2.28. The second-order valence-corrected chi connectivity index (χ2v) is 7.17. The summed E-state index contributed by atoms with van der Waals surface area (Å²) in [5.41, 5.74) is 3.08. The van der Waals surface area contributed by atoms with E-state index in [0.717, 1.165) is 26.5 Å². The molecule has 1 aromatic heterocycles. The molecule has 1 amide bonds. The Bertz CT molecular complexity index is 1120. The number of nitrogens with zero attached hydrogens (tertiary/aromatic N) is 1. The zero-order valence-corrected chi connectivity index (χ0v) is 16.1. The van der Waals surface area contributed by atoms with E-state index in [0.29, 0.717) is 11.3 Å². The first kappa shape index (κ1) is 17.9. The summed E-state index contributed by atoms with van der Waals surface area (Å²) < 4.78 is 6.38. The Morgan fingerprint density at radius 1 is 1.00 bits per heavy atom. The van der Waals surface area contributed by atoms with Crippen LogP contribution in [0.3, 0.4) is 0 Å². The normalized spacial score (nSPS) is 11.4. The lowest BCUT2D eigenvalue weighted by atomic mass is 10.1. The molecule has 0 atom stereocenters. The molecule has 4 nitrogen and oxygen atoms in total. The summed E-state index contributed by atoms with van der Waals surface area (Å²) in [5.74, 6) is 0.584. The van der Waals surface area contributed by atoms with Crippen molar-refractivity contribution in [3.63, 3.8) is 0 Å². The summed E-state index contributed by atoms with van der Waals surface area (Å²) in [6.07, 6.45) is 1.92. The minimum absolute atomic E-state index is 0.172. The summed E-state index contributed by atoms with van der Waals surface area (Å²) in [6, 6.07) is 24.8. The van der Waals surface area contributed by atoms with E-state index >= 15 is 0 Å². The number of ether oxygens (including phenoxy) is 1. The standard InChI is InChI=1S/C23H18N2O2S/c1-27-18-11-7-8-16(14-18)15-20(24-22(26)17-9-3-2-4-10-17)23-25-19-12-5-6-13-21(19)28-23/h2-15H,1H3,(H,24,26)/b20-15+. The zero-order valence-electron chi connectivity index (χ0n) is 15.3. The van der Waals surface area contributed by atoms with E-state index in [1.807, 2.05) is 72.8 Å². The summed E-state index contributed by atoms with van der Waals surface area (Å²) >= 11 is 1.55. The Hall–Kier alpha value is -3.44. The van der Waals surface area contributed by atoms with Crippen LogP contribution in [-0.2, 0) is 0 Å². The van der Waals surface area contributed by atoms with Crippen molar-refractivity contribution < 1.29 is 9.53 Å². The van der Waals surface area contributed by atoms with Crippen LogP contribution < -0.4 is 10.1 Å². The number of rotatable bonds is 5. The number of amides is 1. The third-order valence-corrected chi connectivity index (χ3v) is 5.28. The van der Waals surface area contributed by atoms with Gasteiger partial charge in [-0.1, -0.05) is 42.5 Å². The van der Waals surface area contributed by atoms with Gasteiger partial charge in [0.05, 0.1) is 23.0 Å². The first-order valence-electron chi connectivity index (χ1n) is 8.81. The van der Waals surface area contributed by atoms with Gasteiger partial charge in [0.15, 0.2) is 0 Å². The first-order valence-corrected chi connectivity index (χ1v) is 9.63. The first-order chi connectivity index (χ1) is 13.7. The van der Waals surface area contributed by atoms with E-state index in [1.165, 1.54) is 0 Å². The molecule has 138 valence electrons. The van der Waals surface area contributed by atoms with Crippen LogP contribution in [0, 0.1) is 0 Å². The van der Waals surface area contributed by atoms with Gasteiger partial charge in [-0.15, -0.1) is 11.3 Å². The molecule has 28 heavy (non-hydrogen) atoms. The van der Waals surface area contributed by atoms with E-state index in [4.69, 9.17) is 9.72 Å². The molecule has 0 aliphatic heterocycles. The van der Waals surface area contributed by atoms with Crippen LogP contribution in [0.1, 0.15) is 20.9 Å². The lowest BCUT2D eigenvalue weighted by Gasteiger charge is -2.09. The number of fused-ring (bicyclic) bond motifs is 1. The Morgan fingerprint density at radius 3 is 2.57 bits per heavy atom. The number of hydrogen-bond donors (Lipinski definition) is 1. The lowest BCUT2D eigenvalue weighted by molar-refractivity contribution is 0.0974. The maximum Gasteiger partial charge on any atom is 0.255 e. The van der Waals surface area contributed by atoms with Crippen molar-refractivity contribution in [3.8, 4) is 5.75 Å². The molecule has 4 aromatic rings. The van der Waals surface area contributed by atoms with E-state index < -0.39 is 0 Å². The van der Waals surface area contributed by atoms with Crippen LogP contribution in [-0.4, -0.2) is 18.0 Å². The fourth-order valence-electron chi connectivity index (χ4n) is 2.82. The average Bonchev–Trinajstić information content (AvgIpc) is 3.18. The quantitative estimate of drug-likeness (QED) is 0.511. The third-order valence-electron chi connectivity index (χ3n) is 4.21. The van der Waals surface area contributed by atoms with Gasteiger partial charge in [0.1, 0.15) is 10.8 Å². The summed E-state index contributed by atoms with van der Waals surface area (Å²) in [4.78, 5) is 17.5. The molecule has 0 saturated carbocycles. The summed E-state index contributed by atoms with van der Waals surface area (Å²) in [5, 5.41) is 3.78. The van der Waals surface area contributed by atoms with Gasteiger partial charge in [-0.25, -0.2) is 4.98 Å². The molecule has 0 aliphatic carbocycles. The average molecular weight is 386 g/mol. The van der Waals surface area contributed by atoms with Crippen molar-refractivity contribution in [1.29, 1.82) is 0 Å². The Balaban J connectivity index is 1.75. The number of benzene rings is 3. The number of para-hydroxylation sites is 1. The van der Waals surface area contributed by atoms with Crippen LogP contribution in [0.4, 0.5) is 0 Å². The molecule has 5 heteroatoms. The highest BCUT2D eigenvalue weighted by molar-refractivity contribution is 7.19. The predicted molar refractivity (Wildman–Crippen MR) is 114 cm³/mol. The van der Waals surface area contributed by atoms with Crippen LogP contribution >= 0.6 is 11.3 Å². The second kappa shape index (κ2) is 8.06. The number of thiazole rings is 1. The van der Waals surface area contributed by atoms with Crippen molar-refractivity contribution >= 4 is 39.2 Å². The predicted octanol–water partition coefficient (Wildman–Crippen LogP) is 5.23. The molecule has 3 aromatic carbocycles. The topological polar surface area (TPSA) is 51.2 Å². The van der Waals surface area contributed by atoms with E-state index in [2.05, 4.69) is 5.32 Å². The smallest absolute Gasteiger partial charge is 0.255 e. The van der Waals surface area contributed by atoms with Gasteiger partial charge in [-0.3, -0.25) is 4.79 Å². The molecular formula is C23H18N2O2S. The van der Waals surface area contributed by atoms with Crippen molar-refractivity contribution in [1.82, 2.24) is 10.3 Å². The van der Waals surface area contributed by atoms with Gasteiger partial charge < -0.3 is 10.1 Å². The number of methoxy groups -OCH3 is 1. The van der Waals surface area contributed by atoms with Crippen LogP contribution in [0.15, 0.2) is 78.9 Å². The number of nitrogens with one attached hydrogen (secondary N) is 1. The fourth-order valence-corrected chi connectivity index (χ4v) is 3.76. The monoisotopic (exact) mass is 386 g/mol. The Kier molecular flexibility index (Phi) is 5.17. The molecule has 0 aliphatic rings. The molecule has 0 spiro atoms. The molecule has 0 bridgehead atoms. The summed E-state index contributed by atoms with van der Waals surface area (Å²) in [7, 11) is 1.63. The van der Waals surface area contributed by atoms with Gasteiger partial charge in [-0.05, 0) is 48.0 Å². The lowest BCUT2D eigenvalue weighted by Crippen LogP contribution is -2.21. The number of carbonyl (C=O) groups is 1. The van der Waals surface area contributed by atoms with Gasteiger partial charge in [0.2, 0.25) is 0 Å². The van der Waals surface area contributed by atoms with Gasteiger partial charge in [0, 0.05) is 5.56 Å². The fraction of sp³-hybridized carbons (Fsp3) is 0.0435. The van der Waals surface area contributed by atoms with E-state index in [-0.39, 0.29) is 5.91 Å². The maximum atomic E-state index is 12.8. The van der Waals surface area contributed by atoms with Crippen molar-refractivity contribution in [2.45, 2.75) is 0 Å². The van der Waals surface area contributed by atoms with Gasteiger partial charge in [0.25, 0.3) is 5.91 Å². The molecule has 1 heterocycles. The van der Waals surface area contributed by atoms with E-state index in [1.54, 1.807) is 30.6 Å². The van der Waals surface area contributed by atoms with Crippen molar-refractivity contribution in [3.05, 3.63) is 95.0 Å². The largest absolute Gasteiger partial charge is 0.497 e. The number of aromatic nitrogens is 1. The van der Waals surface area contributed by atoms with Gasteiger partial charge >= 0.3 is 0 Å². The molecule has 0 unspecified atom stereocenters. The molecule has 0 saturated heterocycles. The molecule has 4 rings (SSSR count). The molecule has 1 N–H and O–H groups in total. The Morgan fingerprint density at radius 2 is 1.79 bits per heavy atom. The van der Waals surface area contributed by atoms with Crippen LogP contribution in [0.5, 0.6) is 5.75 Å². The SMILES string of the molecule is COc1cccc(/C=C(/NC(=O)c2ccccc2)c2nc3ccccc3s2)c1. The number of hydrogen-bond acceptors (Lipinski definition) is 4. The Labute approximate surface area is 167 Å². The molecular weight excluding hydrogens is 368 g/mol. The maximum absolute atomic E-state index is 12.8. The highest BCUT2D eigenvalue weighted by Gasteiger charge is 2.13. The summed E-state index contributed by atoms with van der Waals surface area (Å²) in [6.45, 7) is 0. The van der Waals surface area contributed by atoms with Crippen LogP contribution in [0.2, 0.25) is 0 Å². The highest BCUT2D eigenvalue weighted by atomic mass is 32.1. The van der Waals surface area contributed by atoms with Gasteiger partial charge in [-0.2, -0.15) is 0 Å². The minimum atomic E-state index is -0.172.